The first-order valence-corrected chi connectivity index (χ1v) is 20.3. The first-order valence-electron chi connectivity index (χ1n) is 18.6. The van der Waals surface area contributed by atoms with Crippen molar-refractivity contribution in [3.8, 4) is 17.0 Å². The van der Waals surface area contributed by atoms with Crippen molar-refractivity contribution in [1.82, 2.24) is 4.98 Å². The monoisotopic (exact) mass is 917 g/mol. The zero-order valence-corrected chi connectivity index (χ0v) is 37.3. The fraction of sp³-hybridized carbons (Fsp3) is 0.467. The van der Waals surface area contributed by atoms with Crippen molar-refractivity contribution in [3.63, 3.8) is 0 Å². The zero-order chi connectivity index (χ0) is 37.7. The number of thiophene rings is 2. The molecule has 52 heavy (non-hydrogen) atoms. The summed E-state index contributed by atoms with van der Waals surface area (Å²) in [6.07, 6.45) is 9.87. The van der Waals surface area contributed by atoms with E-state index >= 15 is 0 Å². The van der Waals surface area contributed by atoms with Crippen LogP contribution in [-0.2, 0) is 30.3 Å². The summed E-state index contributed by atoms with van der Waals surface area (Å²) in [6.45, 7) is 25.4. The largest absolute Gasteiger partial charge is 0.512 e. The Labute approximate surface area is 334 Å². The van der Waals surface area contributed by atoms with Crippen LogP contribution in [0.1, 0.15) is 121 Å². The van der Waals surface area contributed by atoms with Gasteiger partial charge < -0.3 is 9.84 Å². The second kappa shape index (κ2) is 18.0. The molecule has 0 saturated heterocycles. The predicted molar refractivity (Wildman–Crippen MR) is 222 cm³/mol. The molecule has 1 radical (unpaired) electrons. The molecular formula is C45H58IrNO3S2-. The predicted octanol–water partition coefficient (Wildman–Crippen LogP) is 14.4. The Morgan fingerprint density at radius 1 is 0.942 bits per heavy atom. The molecule has 0 fully saturated rings. The van der Waals surface area contributed by atoms with Crippen LogP contribution < -0.4 is 4.74 Å². The maximum atomic E-state index is 12.2. The molecule has 0 atom stereocenters. The van der Waals surface area contributed by atoms with E-state index in [4.69, 9.17) is 9.72 Å². The minimum atomic E-state index is -0.337. The van der Waals surface area contributed by atoms with E-state index in [0.717, 1.165) is 54.9 Å². The molecule has 5 aromatic rings. The van der Waals surface area contributed by atoms with E-state index in [1.165, 1.54) is 41.9 Å². The molecule has 0 spiro atoms. The van der Waals surface area contributed by atoms with Gasteiger partial charge in [-0.05, 0) is 102 Å². The van der Waals surface area contributed by atoms with Crippen molar-refractivity contribution >= 4 is 58.7 Å². The molecule has 3 aromatic heterocycles. The molecule has 2 aromatic carbocycles. The van der Waals surface area contributed by atoms with Gasteiger partial charge in [-0.25, -0.2) is 0 Å². The average Bonchev–Trinajstić information content (AvgIpc) is 3.73. The van der Waals surface area contributed by atoms with Crippen LogP contribution in [0.5, 0.6) is 5.75 Å². The van der Waals surface area contributed by atoms with Gasteiger partial charge in [0.1, 0.15) is 11.5 Å². The number of carbonyl (C=O) groups excluding carboxylic acids is 1. The number of hydrogen-bond donors (Lipinski definition) is 1. The normalized spacial score (nSPS) is 13.0. The number of pyridine rings is 1. The average molecular weight is 917 g/mol. The van der Waals surface area contributed by atoms with Gasteiger partial charge in [0.25, 0.3) is 0 Å². The van der Waals surface area contributed by atoms with Crippen molar-refractivity contribution in [2.45, 2.75) is 121 Å². The van der Waals surface area contributed by atoms with Gasteiger partial charge in [-0.15, -0.1) is 34.9 Å². The molecule has 0 saturated carbocycles. The van der Waals surface area contributed by atoms with Crippen LogP contribution in [0.3, 0.4) is 0 Å². The van der Waals surface area contributed by atoms with E-state index in [-0.39, 0.29) is 47.9 Å². The van der Waals surface area contributed by atoms with Gasteiger partial charge in [-0.1, -0.05) is 87.3 Å². The maximum absolute atomic E-state index is 12.2. The molecule has 0 aliphatic heterocycles. The van der Waals surface area contributed by atoms with Gasteiger partial charge in [0.15, 0.2) is 5.78 Å². The Hall–Kier alpha value is -2.83. The molecule has 0 amide bonds. The van der Waals surface area contributed by atoms with Crippen molar-refractivity contribution in [2.75, 3.05) is 0 Å². The SMILES string of the molecule is C/C(=C\CC(C)C)Oc1ccc2c(c1)sc1ccnc(-c3[c-]c4ccsc4c(C(C)(C)C)c3)c12.CCC(C)(CC)C(=O)/C=C(\O)C(C)(CC)CC.[Ir]. The van der Waals surface area contributed by atoms with Crippen LogP contribution in [0.15, 0.2) is 71.6 Å². The Kier molecular flexibility index (Phi) is 15.1. The van der Waals surface area contributed by atoms with E-state index in [1.807, 2.05) is 54.7 Å². The summed E-state index contributed by atoms with van der Waals surface area (Å²) < 4.78 is 9.89. The number of ketones is 1. The number of carbonyl (C=O) groups is 1. The molecular weight excluding hydrogens is 859 g/mol. The van der Waals surface area contributed by atoms with Crippen molar-refractivity contribution in [3.05, 3.63) is 83.3 Å². The number of benzene rings is 2. The summed E-state index contributed by atoms with van der Waals surface area (Å²) in [7, 11) is 0. The van der Waals surface area contributed by atoms with E-state index in [1.54, 1.807) is 22.7 Å². The summed E-state index contributed by atoms with van der Waals surface area (Å²) in [5, 5.41) is 15.9. The van der Waals surface area contributed by atoms with E-state index in [2.05, 4.69) is 88.5 Å². The van der Waals surface area contributed by atoms with Gasteiger partial charge in [0.05, 0.1) is 5.76 Å². The first kappa shape index (κ1) is 43.6. The number of allylic oxidation sites excluding steroid dienone is 4. The molecule has 0 aliphatic rings. The fourth-order valence-electron chi connectivity index (χ4n) is 5.97. The van der Waals surface area contributed by atoms with Crippen LogP contribution in [0.4, 0.5) is 0 Å². The second-order valence-electron chi connectivity index (χ2n) is 15.8. The smallest absolute Gasteiger partial charge is 0.164 e. The number of hydrogen-bond acceptors (Lipinski definition) is 6. The number of fused-ring (bicyclic) bond motifs is 4. The number of aliphatic hydroxyl groups excluding tert-OH is 1. The van der Waals surface area contributed by atoms with E-state index in [9.17, 15) is 9.90 Å². The maximum Gasteiger partial charge on any atom is 0.164 e. The minimum Gasteiger partial charge on any atom is -0.512 e. The number of ether oxygens (including phenoxy) is 1. The van der Waals surface area contributed by atoms with E-state index < -0.39 is 0 Å². The second-order valence-corrected chi connectivity index (χ2v) is 17.8. The van der Waals surface area contributed by atoms with Crippen molar-refractivity contribution < 1.29 is 34.7 Å². The third-order valence-electron chi connectivity index (χ3n) is 10.6. The molecule has 7 heteroatoms. The molecule has 1 N–H and O–H groups in total. The Morgan fingerprint density at radius 2 is 1.60 bits per heavy atom. The van der Waals surface area contributed by atoms with Crippen LogP contribution in [0, 0.1) is 22.8 Å². The molecule has 0 aliphatic carbocycles. The molecule has 0 unspecified atom stereocenters. The number of rotatable bonds is 12. The fourth-order valence-corrected chi connectivity index (χ4v) is 8.18. The zero-order valence-electron chi connectivity index (χ0n) is 33.2. The minimum absolute atomic E-state index is 0. The van der Waals surface area contributed by atoms with Crippen LogP contribution in [0.2, 0.25) is 0 Å². The van der Waals surface area contributed by atoms with E-state index in [0.29, 0.717) is 5.92 Å². The number of aromatic nitrogens is 1. The summed E-state index contributed by atoms with van der Waals surface area (Å²) in [4.78, 5) is 17.0. The summed E-state index contributed by atoms with van der Waals surface area (Å²) in [6, 6.07) is 16.7. The van der Waals surface area contributed by atoms with Crippen LogP contribution in [-0.4, -0.2) is 15.9 Å². The van der Waals surface area contributed by atoms with Crippen LogP contribution >= 0.6 is 22.7 Å². The first-order chi connectivity index (χ1) is 24.0. The number of nitrogens with zero attached hydrogens (tertiary/aromatic N) is 1. The van der Waals surface area contributed by atoms with Gasteiger partial charge >= 0.3 is 0 Å². The van der Waals surface area contributed by atoms with Crippen molar-refractivity contribution in [1.29, 1.82) is 0 Å². The van der Waals surface area contributed by atoms with Gasteiger partial charge in [0.2, 0.25) is 0 Å². The quantitative estimate of drug-likeness (QED) is 0.0769. The van der Waals surface area contributed by atoms with Gasteiger partial charge in [0, 0.05) is 58.3 Å². The Morgan fingerprint density at radius 3 is 2.19 bits per heavy atom. The topological polar surface area (TPSA) is 59.4 Å². The third kappa shape index (κ3) is 9.82. The van der Waals surface area contributed by atoms with Crippen molar-refractivity contribution in [2.24, 2.45) is 16.7 Å². The summed E-state index contributed by atoms with van der Waals surface area (Å²) >= 11 is 3.59. The Bertz CT molecular complexity index is 2030. The Balaban J connectivity index is 0.000000347. The molecule has 3 heterocycles. The molecule has 283 valence electrons. The standard InChI is InChI=1S/C30H30NOS2.C15H28O2.Ir/c1-18(2)7-8-19(3)32-22-9-10-23-26(17-22)34-25-11-13-31-28(27(23)25)21-15-20-12-14-33-29(20)24(16-21)30(4,5)6;1-7-14(5,8-2)12(16)11-13(17)15(6,9-3)10-4;/h8-14,16-18H,7H2,1-6H3;11,16H,7-10H2,1-6H3;/q-1;;/b19-8+;12-11-;. The van der Waals surface area contributed by atoms with Gasteiger partial charge in [-0.2, -0.15) is 11.3 Å². The number of aliphatic hydroxyl groups is 1. The molecule has 5 rings (SSSR count). The third-order valence-corrected chi connectivity index (χ3v) is 12.7. The van der Waals surface area contributed by atoms with Gasteiger partial charge in [-0.3, -0.25) is 9.78 Å². The summed E-state index contributed by atoms with van der Waals surface area (Å²) in [5.41, 5.74) is 2.86. The van der Waals surface area contributed by atoms with Crippen LogP contribution in [0.25, 0.3) is 41.5 Å². The molecule has 4 nitrogen and oxygen atoms in total. The summed E-state index contributed by atoms with van der Waals surface area (Å²) in [5.74, 6) is 2.74. The molecule has 0 bridgehead atoms.